The van der Waals surface area contributed by atoms with E-state index in [0.29, 0.717) is 12.6 Å². The first-order valence-corrected chi connectivity index (χ1v) is 7.56. The van der Waals surface area contributed by atoms with Gasteiger partial charge >= 0.3 is 0 Å². The van der Waals surface area contributed by atoms with Crippen LogP contribution >= 0.6 is 0 Å². The van der Waals surface area contributed by atoms with E-state index >= 15 is 0 Å². The zero-order valence-corrected chi connectivity index (χ0v) is 12.1. The lowest BCUT2D eigenvalue weighted by Crippen LogP contribution is -2.45. The van der Waals surface area contributed by atoms with Crippen LogP contribution in [0.2, 0.25) is 0 Å². The van der Waals surface area contributed by atoms with Crippen LogP contribution in [0.3, 0.4) is 0 Å². The van der Waals surface area contributed by atoms with Crippen molar-refractivity contribution < 1.29 is 13.9 Å². The highest BCUT2D eigenvalue weighted by Gasteiger charge is 2.29. The lowest BCUT2D eigenvalue weighted by Gasteiger charge is -2.32. The summed E-state index contributed by atoms with van der Waals surface area (Å²) >= 11 is 0. The number of carbonyl (C=O) groups excluding carboxylic acids is 1. The molecule has 2 fully saturated rings. The van der Waals surface area contributed by atoms with Crippen molar-refractivity contribution in [3.63, 3.8) is 0 Å². The Labute approximate surface area is 124 Å². The van der Waals surface area contributed by atoms with E-state index in [4.69, 9.17) is 4.74 Å². The van der Waals surface area contributed by atoms with Gasteiger partial charge in [-0.15, -0.1) is 0 Å². The van der Waals surface area contributed by atoms with Gasteiger partial charge in [-0.3, -0.25) is 14.6 Å². The van der Waals surface area contributed by atoms with E-state index in [1.807, 2.05) is 0 Å². The molecule has 0 aliphatic carbocycles. The summed E-state index contributed by atoms with van der Waals surface area (Å²) in [6.07, 6.45) is 1.07. The number of ether oxygens (including phenoxy) is 1. The van der Waals surface area contributed by atoms with Crippen LogP contribution < -0.4 is 0 Å². The number of halogens is 1. The van der Waals surface area contributed by atoms with Crippen molar-refractivity contribution in [3.8, 4) is 0 Å². The molecule has 0 radical (unpaired) electrons. The molecule has 3 rings (SSSR count). The molecule has 0 amide bonds. The lowest BCUT2D eigenvalue weighted by molar-refractivity contribution is 0.0185. The third kappa shape index (κ3) is 3.48. The van der Waals surface area contributed by atoms with Crippen LogP contribution in [0.4, 0.5) is 4.39 Å². The van der Waals surface area contributed by atoms with Crippen LogP contribution in [0, 0.1) is 5.82 Å². The number of rotatable bonds is 4. The van der Waals surface area contributed by atoms with Gasteiger partial charge in [0, 0.05) is 32.2 Å². The summed E-state index contributed by atoms with van der Waals surface area (Å²) in [5.74, 6) is -0.554. The fraction of sp³-hybridized carbons (Fsp3) is 0.562. The Morgan fingerprint density at radius 1 is 1.24 bits per heavy atom. The monoisotopic (exact) mass is 292 g/mol. The lowest BCUT2D eigenvalue weighted by atomic mass is 10.1. The number of hydrogen-bond acceptors (Lipinski definition) is 4. The highest BCUT2D eigenvalue weighted by atomic mass is 19.1. The molecule has 0 spiro atoms. The number of morpholine rings is 1. The van der Waals surface area contributed by atoms with Crippen molar-refractivity contribution in [2.75, 3.05) is 45.9 Å². The summed E-state index contributed by atoms with van der Waals surface area (Å²) in [5, 5.41) is 0. The van der Waals surface area contributed by atoms with E-state index in [-0.39, 0.29) is 11.3 Å². The second-order valence-corrected chi connectivity index (χ2v) is 5.73. The maximum Gasteiger partial charge on any atom is 0.179 e. The molecule has 21 heavy (non-hydrogen) atoms. The third-order valence-corrected chi connectivity index (χ3v) is 4.35. The Bertz CT molecular complexity index is 503. The Morgan fingerprint density at radius 2 is 2.00 bits per heavy atom. The Hall–Kier alpha value is -1.30. The number of Topliss-reactive ketones (excluding diaryl/α,β-unsaturated/α-hetero) is 1. The molecule has 2 aliphatic rings. The quantitative estimate of drug-likeness (QED) is 0.786. The number of ketones is 1. The van der Waals surface area contributed by atoms with Gasteiger partial charge in [-0.05, 0) is 18.6 Å². The standard InChI is InChI=1S/C16H21FN2O2/c17-15-4-2-1-3-14(15)16(20)12-18-6-5-13(11-18)19-7-9-21-10-8-19/h1-4,13H,5-12H2. The molecule has 114 valence electrons. The first-order valence-electron chi connectivity index (χ1n) is 7.56. The highest BCUT2D eigenvalue weighted by molar-refractivity contribution is 5.97. The summed E-state index contributed by atoms with van der Waals surface area (Å²) in [7, 11) is 0. The van der Waals surface area contributed by atoms with Gasteiger partial charge < -0.3 is 4.74 Å². The zero-order chi connectivity index (χ0) is 14.7. The molecule has 1 aromatic carbocycles. The fourth-order valence-corrected chi connectivity index (χ4v) is 3.17. The molecule has 1 aromatic rings. The maximum atomic E-state index is 13.6. The normalized spacial score (nSPS) is 24.3. The summed E-state index contributed by atoms with van der Waals surface area (Å²) in [5.41, 5.74) is 0.201. The van der Waals surface area contributed by atoms with Gasteiger partial charge in [0.2, 0.25) is 0 Å². The highest BCUT2D eigenvalue weighted by Crippen LogP contribution is 2.18. The predicted octanol–water partition coefficient (Wildman–Crippen LogP) is 1.41. The molecular weight excluding hydrogens is 271 g/mol. The van der Waals surface area contributed by atoms with Crippen LogP contribution in [-0.2, 0) is 4.74 Å². The van der Waals surface area contributed by atoms with Crippen molar-refractivity contribution in [2.24, 2.45) is 0 Å². The van der Waals surface area contributed by atoms with Gasteiger partial charge in [0.25, 0.3) is 0 Å². The second-order valence-electron chi connectivity index (χ2n) is 5.73. The van der Waals surface area contributed by atoms with Crippen LogP contribution in [0.5, 0.6) is 0 Å². The summed E-state index contributed by atoms with van der Waals surface area (Å²) in [6, 6.07) is 6.72. The van der Waals surface area contributed by atoms with Gasteiger partial charge in [0.15, 0.2) is 5.78 Å². The van der Waals surface area contributed by atoms with Crippen LogP contribution in [0.15, 0.2) is 24.3 Å². The minimum atomic E-state index is -0.425. The van der Waals surface area contributed by atoms with Crippen molar-refractivity contribution in [3.05, 3.63) is 35.6 Å². The third-order valence-electron chi connectivity index (χ3n) is 4.35. The van der Waals surface area contributed by atoms with Gasteiger partial charge in [-0.25, -0.2) is 4.39 Å². The molecular formula is C16H21FN2O2. The molecule has 4 nitrogen and oxygen atoms in total. The SMILES string of the molecule is O=C(CN1CCC(N2CCOCC2)C1)c1ccccc1F. The molecule has 0 saturated carbocycles. The fourth-order valence-electron chi connectivity index (χ4n) is 3.17. The topological polar surface area (TPSA) is 32.8 Å². The molecule has 1 unspecified atom stereocenters. The number of likely N-dealkylation sites (tertiary alicyclic amines) is 1. The summed E-state index contributed by atoms with van der Waals surface area (Å²) < 4.78 is 19.0. The Morgan fingerprint density at radius 3 is 2.76 bits per heavy atom. The number of benzene rings is 1. The Balaban J connectivity index is 1.55. The second kappa shape index (κ2) is 6.64. The largest absolute Gasteiger partial charge is 0.379 e. The average molecular weight is 292 g/mol. The minimum Gasteiger partial charge on any atom is -0.379 e. The van der Waals surface area contributed by atoms with Gasteiger partial charge in [0.1, 0.15) is 5.82 Å². The number of hydrogen-bond donors (Lipinski definition) is 0. The number of nitrogens with zero attached hydrogens (tertiary/aromatic N) is 2. The zero-order valence-electron chi connectivity index (χ0n) is 12.1. The molecule has 2 saturated heterocycles. The number of carbonyl (C=O) groups is 1. The van der Waals surface area contributed by atoms with E-state index in [1.54, 1.807) is 18.2 Å². The molecule has 0 aromatic heterocycles. The smallest absolute Gasteiger partial charge is 0.179 e. The van der Waals surface area contributed by atoms with Crippen molar-refractivity contribution in [1.82, 2.24) is 9.80 Å². The van der Waals surface area contributed by atoms with Crippen LogP contribution in [0.25, 0.3) is 0 Å². The van der Waals surface area contributed by atoms with E-state index in [9.17, 15) is 9.18 Å². The van der Waals surface area contributed by atoms with Gasteiger partial charge in [-0.2, -0.15) is 0 Å². The molecule has 0 bridgehead atoms. The predicted molar refractivity (Wildman–Crippen MR) is 78.0 cm³/mol. The van der Waals surface area contributed by atoms with Crippen molar-refractivity contribution in [1.29, 1.82) is 0 Å². The molecule has 2 heterocycles. The summed E-state index contributed by atoms with van der Waals surface area (Å²) in [4.78, 5) is 16.8. The van der Waals surface area contributed by atoms with E-state index < -0.39 is 5.82 Å². The van der Waals surface area contributed by atoms with Gasteiger partial charge in [-0.1, -0.05) is 12.1 Å². The molecule has 5 heteroatoms. The van der Waals surface area contributed by atoms with Crippen LogP contribution in [0.1, 0.15) is 16.8 Å². The maximum absolute atomic E-state index is 13.6. The van der Waals surface area contributed by atoms with Crippen molar-refractivity contribution >= 4 is 5.78 Å². The van der Waals surface area contributed by atoms with E-state index in [2.05, 4.69) is 9.80 Å². The minimum absolute atomic E-state index is 0.129. The van der Waals surface area contributed by atoms with E-state index in [1.165, 1.54) is 6.07 Å². The van der Waals surface area contributed by atoms with Crippen molar-refractivity contribution in [2.45, 2.75) is 12.5 Å². The Kier molecular flexibility index (Phi) is 4.63. The average Bonchev–Trinajstić information content (AvgIpc) is 2.97. The first-order chi connectivity index (χ1) is 10.2. The van der Waals surface area contributed by atoms with Gasteiger partial charge in [0.05, 0.1) is 25.3 Å². The molecule has 0 N–H and O–H groups in total. The van der Waals surface area contributed by atoms with Crippen LogP contribution in [-0.4, -0.2) is 67.6 Å². The summed E-state index contributed by atoms with van der Waals surface area (Å²) in [6.45, 7) is 5.64. The van der Waals surface area contributed by atoms with E-state index in [0.717, 1.165) is 45.8 Å². The first kappa shape index (κ1) is 14.6. The molecule has 1 atom stereocenters. The molecule has 2 aliphatic heterocycles.